The van der Waals surface area contributed by atoms with Crippen molar-refractivity contribution in [3.63, 3.8) is 0 Å². The van der Waals surface area contributed by atoms with Crippen LogP contribution < -0.4 is 15.8 Å². The third kappa shape index (κ3) is 10.2. The molecule has 4 unspecified atom stereocenters. The first-order valence-electron chi connectivity index (χ1n) is 21.1. The van der Waals surface area contributed by atoms with Crippen LogP contribution in [0, 0.1) is 6.92 Å². The Morgan fingerprint density at radius 2 is 1.04 bits per heavy atom. The van der Waals surface area contributed by atoms with Crippen LogP contribution in [0.1, 0.15) is 56.2 Å². The average molecular weight is 815 g/mol. The van der Waals surface area contributed by atoms with Crippen LogP contribution >= 0.6 is 22.4 Å². The van der Waals surface area contributed by atoms with Gasteiger partial charge in [-0.15, -0.1) is 0 Å². The standard InChI is InChI=1S/C48H62N6S2Si/c1-35-21-23-42(24-22-35)57(6,55-36(2)33-49-25-29-53-31-27-51-47(53)38(4)43-19-11-15-40-13-7-9-17-45(40)43)56-37(3)34-50-26-30-54-32-28-52-48(54)39(5)44-20-12-16-41-14-8-10-18-46(41)44/h7-24,36-39,49-50H,25-34H2,1-6H3. The van der Waals surface area contributed by atoms with Gasteiger partial charge in [-0.05, 0) is 51.3 Å². The number of nitrogens with zero attached hydrogens (tertiary/aromatic N) is 4. The van der Waals surface area contributed by atoms with Gasteiger partial charge in [-0.1, -0.05) is 142 Å². The van der Waals surface area contributed by atoms with Crippen molar-refractivity contribution >= 4 is 67.2 Å². The molecule has 0 radical (unpaired) electrons. The highest BCUT2D eigenvalue weighted by molar-refractivity contribution is 8.60. The van der Waals surface area contributed by atoms with E-state index >= 15 is 0 Å². The molecule has 300 valence electrons. The lowest BCUT2D eigenvalue weighted by molar-refractivity contribution is 0.434. The van der Waals surface area contributed by atoms with Crippen molar-refractivity contribution in [3.05, 3.63) is 126 Å². The maximum Gasteiger partial charge on any atom is 0.205 e. The van der Waals surface area contributed by atoms with Gasteiger partial charge in [0.25, 0.3) is 0 Å². The second kappa shape index (κ2) is 19.4. The molecule has 7 rings (SSSR count). The maximum absolute atomic E-state index is 5.01. The number of nitrogens with one attached hydrogen (secondary N) is 2. The fraction of sp³-hybridized carbons (Fsp3) is 0.417. The molecule has 0 saturated heterocycles. The SMILES string of the molecule is Cc1ccc([Si](C)(SC(C)CNCCN2CCN=C2C(C)c2cccc3ccccc23)SC(C)CNCCN2CCN=C2C(C)c2cccc3ccccc23)cc1. The monoisotopic (exact) mass is 814 g/mol. The third-order valence-electron chi connectivity index (χ3n) is 11.7. The van der Waals surface area contributed by atoms with E-state index in [1.54, 1.807) is 0 Å². The number of amidine groups is 2. The van der Waals surface area contributed by atoms with Crippen molar-refractivity contribution in [2.45, 2.75) is 63.5 Å². The van der Waals surface area contributed by atoms with Gasteiger partial charge in [0.05, 0.1) is 13.1 Å². The average Bonchev–Trinajstić information content (AvgIpc) is 3.90. The summed E-state index contributed by atoms with van der Waals surface area (Å²) in [5.74, 6) is 3.02. The van der Waals surface area contributed by atoms with Gasteiger partial charge in [0.1, 0.15) is 11.7 Å². The summed E-state index contributed by atoms with van der Waals surface area (Å²) < 4.78 is 0. The highest BCUT2D eigenvalue weighted by atomic mass is 32.6. The molecule has 0 amide bonds. The lowest BCUT2D eigenvalue weighted by atomic mass is 9.93. The lowest BCUT2D eigenvalue weighted by Crippen LogP contribution is -2.45. The van der Waals surface area contributed by atoms with E-state index in [0.29, 0.717) is 10.5 Å². The minimum atomic E-state index is -1.92. The van der Waals surface area contributed by atoms with Gasteiger partial charge in [0, 0.05) is 74.7 Å². The molecule has 6 nitrogen and oxygen atoms in total. The van der Waals surface area contributed by atoms with Crippen molar-refractivity contribution < 1.29 is 0 Å². The summed E-state index contributed by atoms with van der Waals surface area (Å²) in [7, 11) is 0. The van der Waals surface area contributed by atoms with Crippen LogP contribution in [0.2, 0.25) is 6.55 Å². The normalized spacial score (nSPS) is 17.7. The smallest absolute Gasteiger partial charge is 0.205 e. The van der Waals surface area contributed by atoms with Gasteiger partial charge in [-0.2, -0.15) is 22.4 Å². The molecule has 0 saturated carbocycles. The van der Waals surface area contributed by atoms with E-state index in [1.807, 2.05) is 0 Å². The Labute approximate surface area is 350 Å². The van der Waals surface area contributed by atoms with E-state index in [0.717, 1.165) is 65.4 Å². The molecule has 5 aromatic rings. The Morgan fingerprint density at radius 1 is 0.596 bits per heavy atom. The number of hydrogen-bond donors (Lipinski definition) is 2. The molecular weight excluding hydrogens is 753 g/mol. The van der Waals surface area contributed by atoms with Gasteiger partial charge >= 0.3 is 0 Å². The third-order valence-corrected chi connectivity index (χ3v) is 23.4. The van der Waals surface area contributed by atoms with Crippen molar-refractivity contribution in [1.82, 2.24) is 20.4 Å². The summed E-state index contributed by atoms with van der Waals surface area (Å²) in [6, 6.07) is 40.2. The topological polar surface area (TPSA) is 55.3 Å². The van der Waals surface area contributed by atoms with Gasteiger partial charge in [0.2, 0.25) is 6.37 Å². The minimum absolute atomic E-state index is 0.277. The molecule has 2 aliphatic heterocycles. The van der Waals surface area contributed by atoms with E-state index in [1.165, 1.54) is 55.1 Å². The zero-order chi connectivity index (χ0) is 39.8. The Kier molecular flexibility index (Phi) is 14.2. The predicted octanol–water partition coefficient (Wildman–Crippen LogP) is 9.04. The quantitative estimate of drug-likeness (QED) is 0.0642. The van der Waals surface area contributed by atoms with Crippen LogP contribution in [0.4, 0.5) is 0 Å². The molecule has 2 N–H and O–H groups in total. The molecule has 0 aromatic heterocycles. The van der Waals surface area contributed by atoms with Crippen LogP contribution in [-0.4, -0.2) is 104 Å². The molecule has 2 aliphatic rings. The van der Waals surface area contributed by atoms with Crippen molar-refractivity contribution in [2.75, 3.05) is 65.4 Å². The number of benzene rings is 5. The maximum atomic E-state index is 5.01. The lowest BCUT2D eigenvalue weighted by Gasteiger charge is -2.33. The van der Waals surface area contributed by atoms with Crippen LogP contribution in [0.5, 0.6) is 0 Å². The summed E-state index contributed by atoms with van der Waals surface area (Å²) in [5.41, 5.74) is 4.07. The Bertz CT molecular complexity index is 2020. The summed E-state index contributed by atoms with van der Waals surface area (Å²) in [6.07, 6.45) is -1.92. The van der Waals surface area contributed by atoms with Crippen LogP contribution in [0.15, 0.2) is 119 Å². The number of fused-ring (bicyclic) bond motifs is 2. The van der Waals surface area contributed by atoms with E-state index in [9.17, 15) is 0 Å². The van der Waals surface area contributed by atoms with Crippen molar-refractivity contribution in [1.29, 1.82) is 0 Å². The molecule has 0 fully saturated rings. The Morgan fingerprint density at radius 3 is 1.51 bits per heavy atom. The van der Waals surface area contributed by atoms with E-state index in [4.69, 9.17) is 9.98 Å². The second-order valence-corrected chi connectivity index (χ2v) is 27.7. The molecule has 2 heterocycles. The van der Waals surface area contributed by atoms with Gasteiger partial charge in [-0.3, -0.25) is 9.98 Å². The summed E-state index contributed by atoms with van der Waals surface area (Å²) in [5, 5.41) is 15.5. The molecule has 0 spiro atoms. The highest BCUT2D eigenvalue weighted by Gasteiger charge is 2.35. The zero-order valence-electron chi connectivity index (χ0n) is 34.9. The van der Waals surface area contributed by atoms with E-state index in [2.05, 4.69) is 193 Å². The van der Waals surface area contributed by atoms with Crippen LogP contribution in [-0.2, 0) is 0 Å². The zero-order valence-corrected chi connectivity index (χ0v) is 37.5. The van der Waals surface area contributed by atoms with Gasteiger partial charge in [0.15, 0.2) is 0 Å². The van der Waals surface area contributed by atoms with Gasteiger partial charge < -0.3 is 20.4 Å². The van der Waals surface area contributed by atoms with Crippen molar-refractivity contribution in [3.8, 4) is 0 Å². The summed E-state index contributed by atoms with van der Waals surface area (Å²) in [6.45, 7) is 24.0. The molecule has 9 heteroatoms. The number of rotatable bonds is 19. The predicted molar refractivity (Wildman–Crippen MR) is 255 cm³/mol. The number of hydrogen-bond acceptors (Lipinski definition) is 8. The first kappa shape index (κ1) is 41.6. The van der Waals surface area contributed by atoms with Crippen LogP contribution in [0.25, 0.3) is 21.5 Å². The highest BCUT2D eigenvalue weighted by Crippen LogP contribution is 2.37. The van der Waals surface area contributed by atoms with E-state index < -0.39 is 6.37 Å². The fourth-order valence-corrected chi connectivity index (χ4v) is 22.1. The minimum Gasteiger partial charge on any atom is -0.357 e. The largest absolute Gasteiger partial charge is 0.357 e. The number of aryl methyl sites for hydroxylation is 1. The first-order valence-corrected chi connectivity index (χ1v) is 26.8. The molecule has 0 bridgehead atoms. The molecule has 4 atom stereocenters. The first-order chi connectivity index (χ1) is 27.7. The molecule has 5 aromatic carbocycles. The Hall–Kier alpha value is -3.60. The molecule has 57 heavy (non-hydrogen) atoms. The van der Waals surface area contributed by atoms with Gasteiger partial charge in [-0.25, -0.2) is 0 Å². The van der Waals surface area contributed by atoms with Crippen LogP contribution in [0.3, 0.4) is 0 Å². The van der Waals surface area contributed by atoms with Crippen molar-refractivity contribution in [2.24, 2.45) is 9.98 Å². The Balaban J connectivity index is 0.889. The van der Waals surface area contributed by atoms with E-state index in [-0.39, 0.29) is 11.8 Å². The summed E-state index contributed by atoms with van der Waals surface area (Å²) >= 11 is 4.47. The summed E-state index contributed by atoms with van der Waals surface area (Å²) in [4.78, 5) is 15.0. The number of aliphatic imine (C=N–C) groups is 2. The molecule has 0 aliphatic carbocycles. The second-order valence-electron chi connectivity index (χ2n) is 16.1. The fourth-order valence-electron chi connectivity index (χ4n) is 8.72. The molecular formula is C48H62N6S2Si.